The molecule has 2 heterocycles. The van der Waals surface area contributed by atoms with Gasteiger partial charge < -0.3 is 34.7 Å². The number of hydrogen-bond donors (Lipinski definition) is 3. The Morgan fingerprint density at radius 1 is 0.900 bits per heavy atom. The zero-order valence-corrected chi connectivity index (χ0v) is 22.7. The minimum absolute atomic E-state index is 0.131. The number of anilines is 2. The number of ether oxygens (including phenoxy) is 4. The Morgan fingerprint density at radius 3 is 2.23 bits per heavy atom. The van der Waals surface area contributed by atoms with Crippen molar-refractivity contribution >= 4 is 17.5 Å². The number of amides is 1. The fourth-order valence-electron chi connectivity index (χ4n) is 4.67. The van der Waals surface area contributed by atoms with E-state index in [0.29, 0.717) is 62.9 Å². The summed E-state index contributed by atoms with van der Waals surface area (Å²) in [5.74, 6) is 2.51. The molecule has 206 valence electrons. The zero-order valence-electron chi connectivity index (χ0n) is 22.7. The van der Waals surface area contributed by atoms with Crippen molar-refractivity contribution in [3.63, 3.8) is 0 Å². The molecule has 1 aliphatic heterocycles. The standard InChI is InChI=1S/C29H29N5O6/c1-16-25(28(36)31-20-8-6-7-9-21(20)37-2)26(19-14-23(39-4)24(40-5)15-22(19)38-3)34-29(30-16)32-27(33-34)17-10-12-18(35)13-11-17/h6-15,26,35H,1-5H3,(H,31,36)(H,30,32,33). The second-order valence-corrected chi connectivity index (χ2v) is 8.92. The van der Waals surface area contributed by atoms with Gasteiger partial charge >= 0.3 is 0 Å². The van der Waals surface area contributed by atoms with Crippen LogP contribution in [-0.2, 0) is 4.79 Å². The molecular formula is C29H29N5O6. The Bertz CT molecular complexity index is 1600. The molecule has 0 aliphatic carbocycles. The number of fused-ring (bicyclic) bond motifs is 1. The van der Waals surface area contributed by atoms with Gasteiger partial charge in [0.1, 0.15) is 23.3 Å². The number of nitrogens with one attached hydrogen (secondary N) is 2. The van der Waals surface area contributed by atoms with Gasteiger partial charge in [-0.1, -0.05) is 12.1 Å². The molecule has 1 unspecified atom stereocenters. The zero-order chi connectivity index (χ0) is 28.4. The van der Waals surface area contributed by atoms with Crippen LogP contribution in [0.1, 0.15) is 18.5 Å². The van der Waals surface area contributed by atoms with E-state index < -0.39 is 6.04 Å². The molecule has 1 aliphatic rings. The van der Waals surface area contributed by atoms with E-state index >= 15 is 0 Å². The van der Waals surface area contributed by atoms with Gasteiger partial charge in [-0.25, -0.2) is 4.68 Å². The minimum atomic E-state index is -0.765. The first-order chi connectivity index (χ1) is 19.4. The Labute approximate surface area is 231 Å². The van der Waals surface area contributed by atoms with Crippen molar-refractivity contribution in [2.24, 2.45) is 0 Å². The molecule has 3 N–H and O–H groups in total. The second kappa shape index (κ2) is 10.9. The molecule has 11 nitrogen and oxygen atoms in total. The van der Waals surface area contributed by atoms with Crippen molar-refractivity contribution in [2.75, 3.05) is 39.1 Å². The highest BCUT2D eigenvalue weighted by Crippen LogP contribution is 2.44. The molecule has 1 atom stereocenters. The number of allylic oxidation sites excluding steroid dienone is 1. The third-order valence-electron chi connectivity index (χ3n) is 6.61. The SMILES string of the molecule is COc1ccccc1NC(=O)C1=C(C)Nc2nc(-c3ccc(O)cc3)nn2C1c1cc(OC)c(OC)cc1OC. The quantitative estimate of drug-likeness (QED) is 0.292. The van der Waals surface area contributed by atoms with Crippen LogP contribution in [-0.4, -0.2) is 54.2 Å². The normalized spacial score (nSPS) is 14.2. The lowest BCUT2D eigenvalue weighted by molar-refractivity contribution is -0.113. The van der Waals surface area contributed by atoms with E-state index in [2.05, 4.69) is 10.6 Å². The van der Waals surface area contributed by atoms with Crippen molar-refractivity contribution < 1.29 is 28.8 Å². The average Bonchev–Trinajstić information content (AvgIpc) is 3.39. The predicted molar refractivity (Wildman–Crippen MR) is 149 cm³/mol. The van der Waals surface area contributed by atoms with Gasteiger partial charge in [-0.2, -0.15) is 4.98 Å². The molecule has 0 spiro atoms. The molecule has 0 bridgehead atoms. The fraction of sp³-hybridized carbons (Fsp3) is 0.207. The topological polar surface area (TPSA) is 129 Å². The molecule has 0 fully saturated rings. The van der Waals surface area contributed by atoms with E-state index in [1.54, 1.807) is 74.4 Å². The molecule has 0 saturated heterocycles. The van der Waals surface area contributed by atoms with Crippen LogP contribution in [0.2, 0.25) is 0 Å². The lowest BCUT2D eigenvalue weighted by Gasteiger charge is -2.30. The first-order valence-corrected chi connectivity index (χ1v) is 12.4. The highest BCUT2D eigenvalue weighted by molar-refractivity contribution is 6.06. The largest absolute Gasteiger partial charge is 0.508 e. The van der Waals surface area contributed by atoms with Gasteiger partial charge in [0.15, 0.2) is 17.3 Å². The number of rotatable bonds is 8. The fourth-order valence-corrected chi connectivity index (χ4v) is 4.67. The van der Waals surface area contributed by atoms with E-state index in [0.717, 1.165) is 0 Å². The smallest absolute Gasteiger partial charge is 0.255 e. The molecule has 1 aromatic heterocycles. The maximum Gasteiger partial charge on any atom is 0.255 e. The molecule has 40 heavy (non-hydrogen) atoms. The highest BCUT2D eigenvalue weighted by Gasteiger charge is 2.37. The van der Waals surface area contributed by atoms with Crippen LogP contribution in [0.5, 0.6) is 28.7 Å². The number of aromatic nitrogens is 3. The third kappa shape index (κ3) is 4.73. The molecular weight excluding hydrogens is 514 g/mol. The number of aromatic hydroxyl groups is 1. The number of hydrogen-bond acceptors (Lipinski definition) is 9. The number of carbonyl (C=O) groups is 1. The van der Waals surface area contributed by atoms with Crippen molar-refractivity contribution in [1.82, 2.24) is 14.8 Å². The summed E-state index contributed by atoms with van der Waals surface area (Å²) in [7, 11) is 6.16. The number of carbonyl (C=O) groups excluding carboxylic acids is 1. The van der Waals surface area contributed by atoms with E-state index in [1.807, 2.05) is 12.1 Å². The monoisotopic (exact) mass is 543 g/mol. The van der Waals surface area contributed by atoms with Crippen LogP contribution in [0.4, 0.5) is 11.6 Å². The van der Waals surface area contributed by atoms with Gasteiger partial charge in [0.25, 0.3) is 5.91 Å². The maximum absolute atomic E-state index is 14.0. The third-order valence-corrected chi connectivity index (χ3v) is 6.61. The Hall–Kier alpha value is -5.19. The van der Waals surface area contributed by atoms with Crippen molar-refractivity contribution in [3.8, 4) is 40.1 Å². The minimum Gasteiger partial charge on any atom is -0.508 e. The molecule has 1 amide bonds. The van der Waals surface area contributed by atoms with Gasteiger partial charge in [-0.3, -0.25) is 4.79 Å². The summed E-state index contributed by atoms with van der Waals surface area (Å²) in [5.41, 5.74) is 2.77. The van der Waals surface area contributed by atoms with Crippen molar-refractivity contribution in [3.05, 3.63) is 77.5 Å². The van der Waals surface area contributed by atoms with Gasteiger partial charge in [0, 0.05) is 22.9 Å². The first kappa shape index (κ1) is 26.4. The van der Waals surface area contributed by atoms with Crippen LogP contribution >= 0.6 is 0 Å². The summed E-state index contributed by atoms with van der Waals surface area (Å²) >= 11 is 0. The lowest BCUT2D eigenvalue weighted by Crippen LogP contribution is -2.32. The number of benzene rings is 3. The van der Waals surface area contributed by atoms with Crippen LogP contribution in [0.25, 0.3) is 11.4 Å². The Kier molecular flexibility index (Phi) is 7.19. The van der Waals surface area contributed by atoms with Crippen LogP contribution in [0.3, 0.4) is 0 Å². The maximum atomic E-state index is 14.0. The van der Waals surface area contributed by atoms with Crippen LogP contribution in [0.15, 0.2) is 71.9 Å². The molecule has 0 saturated carbocycles. The lowest BCUT2D eigenvalue weighted by atomic mass is 9.93. The molecule has 3 aromatic carbocycles. The van der Waals surface area contributed by atoms with E-state index in [-0.39, 0.29) is 11.7 Å². The number of nitrogens with zero attached hydrogens (tertiary/aromatic N) is 3. The summed E-state index contributed by atoms with van der Waals surface area (Å²) in [6, 6.07) is 16.4. The van der Waals surface area contributed by atoms with E-state index in [9.17, 15) is 9.90 Å². The second-order valence-electron chi connectivity index (χ2n) is 8.92. The van der Waals surface area contributed by atoms with Crippen LogP contribution < -0.4 is 29.6 Å². The Balaban J connectivity index is 1.69. The summed E-state index contributed by atoms with van der Waals surface area (Å²) in [6.45, 7) is 1.80. The van der Waals surface area contributed by atoms with Gasteiger partial charge in [-0.15, -0.1) is 5.10 Å². The summed E-state index contributed by atoms with van der Waals surface area (Å²) < 4.78 is 23.9. The average molecular weight is 544 g/mol. The van der Waals surface area contributed by atoms with Crippen molar-refractivity contribution in [1.29, 1.82) is 0 Å². The van der Waals surface area contributed by atoms with E-state index in [4.69, 9.17) is 29.0 Å². The molecule has 11 heteroatoms. The summed E-state index contributed by atoms with van der Waals surface area (Å²) in [6.07, 6.45) is 0. The number of phenolic OH excluding ortho intramolecular Hbond substituents is 1. The van der Waals surface area contributed by atoms with Crippen LogP contribution in [0, 0.1) is 0 Å². The van der Waals surface area contributed by atoms with E-state index in [1.165, 1.54) is 14.2 Å². The summed E-state index contributed by atoms with van der Waals surface area (Å²) in [4.78, 5) is 18.7. The Morgan fingerprint density at radius 2 is 1.55 bits per heavy atom. The molecule has 0 radical (unpaired) electrons. The number of methoxy groups -OCH3 is 4. The molecule has 5 rings (SSSR count). The predicted octanol–water partition coefficient (Wildman–Crippen LogP) is 4.61. The first-order valence-electron chi connectivity index (χ1n) is 12.4. The highest BCUT2D eigenvalue weighted by atomic mass is 16.5. The van der Waals surface area contributed by atoms with Gasteiger partial charge in [0.2, 0.25) is 5.95 Å². The number of phenols is 1. The molecule has 4 aromatic rings. The van der Waals surface area contributed by atoms with Crippen molar-refractivity contribution in [2.45, 2.75) is 13.0 Å². The van der Waals surface area contributed by atoms with Gasteiger partial charge in [-0.05, 0) is 49.4 Å². The van der Waals surface area contributed by atoms with Gasteiger partial charge in [0.05, 0.1) is 39.7 Å². The number of para-hydroxylation sites is 2. The summed E-state index contributed by atoms with van der Waals surface area (Å²) in [5, 5.41) is 20.7.